The Bertz CT molecular complexity index is 171. The first kappa shape index (κ1) is 9.52. The Labute approximate surface area is 73.5 Å². The van der Waals surface area contributed by atoms with Gasteiger partial charge in [0.1, 0.15) is 0 Å². The molecule has 0 saturated carbocycles. The molecule has 1 rings (SSSR count). The molecule has 12 heavy (non-hydrogen) atoms. The Hall–Kier alpha value is -0.570. The molecule has 1 aliphatic heterocycles. The van der Waals surface area contributed by atoms with Gasteiger partial charge in [0.25, 0.3) is 0 Å². The molecule has 70 valence electrons. The van der Waals surface area contributed by atoms with Crippen LogP contribution in [0.3, 0.4) is 0 Å². The summed E-state index contributed by atoms with van der Waals surface area (Å²) in [6.45, 7) is 5.83. The third kappa shape index (κ3) is 1.33. The van der Waals surface area contributed by atoms with Crippen molar-refractivity contribution in [2.45, 2.75) is 20.3 Å². The minimum Gasteiger partial charge on any atom is -0.469 e. The highest BCUT2D eigenvalue weighted by Crippen LogP contribution is 2.35. The van der Waals surface area contributed by atoms with Crippen molar-refractivity contribution in [3.63, 3.8) is 0 Å². The van der Waals surface area contributed by atoms with Crippen molar-refractivity contribution < 1.29 is 9.53 Å². The van der Waals surface area contributed by atoms with Gasteiger partial charge in [-0.1, -0.05) is 13.8 Å². The predicted molar refractivity (Wildman–Crippen MR) is 46.8 cm³/mol. The molecule has 1 atom stereocenters. The average molecular weight is 171 g/mol. The summed E-state index contributed by atoms with van der Waals surface area (Å²) in [5, 5.41) is 3.21. The number of hydrogen-bond acceptors (Lipinski definition) is 3. The smallest absolute Gasteiger partial charge is 0.313 e. The fourth-order valence-corrected chi connectivity index (χ4v) is 1.82. The van der Waals surface area contributed by atoms with Gasteiger partial charge in [0.05, 0.1) is 12.5 Å². The Kier molecular flexibility index (Phi) is 2.73. The number of carbonyl (C=O) groups is 1. The monoisotopic (exact) mass is 171 g/mol. The SMILES string of the molecule is COC(=O)C1(C(C)C)CCNC1. The molecular formula is C9H17NO2. The molecule has 1 fully saturated rings. The summed E-state index contributed by atoms with van der Waals surface area (Å²) in [6.07, 6.45) is 0.900. The second-order valence-corrected chi connectivity index (χ2v) is 3.73. The van der Waals surface area contributed by atoms with Crippen molar-refractivity contribution in [3.05, 3.63) is 0 Å². The minimum absolute atomic E-state index is 0.0671. The molecule has 0 aromatic heterocycles. The predicted octanol–water partition coefficient (Wildman–Crippen LogP) is 0.795. The van der Waals surface area contributed by atoms with E-state index in [9.17, 15) is 4.79 Å². The molecule has 3 heteroatoms. The van der Waals surface area contributed by atoms with Gasteiger partial charge in [0.2, 0.25) is 0 Å². The van der Waals surface area contributed by atoms with E-state index in [1.165, 1.54) is 7.11 Å². The van der Waals surface area contributed by atoms with Gasteiger partial charge in [-0.25, -0.2) is 0 Å². The van der Waals surface area contributed by atoms with Crippen LogP contribution in [0.25, 0.3) is 0 Å². The highest BCUT2D eigenvalue weighted by Gasteiger charge is 2.44. The Morgan fingerprint density at radius 2 is 2.25 bits per heavy atom. The molecule has 1 unspecified atom stereocenters. The van der Waals surface area contributed by atoms with Crippen LogP contribution in [0, 0.1) is 11.3 Å². The summed E-state index contributed by atoms with van der Waals surface area (Å²) in [5.41, 5.74) is -0.269. The molecule has 3 nitrogen and oxygen atoms in total. The fraction of sp³-hybridized carbons (Fsp3) is 0.889. The minimum atomic E-state index is -0.269. The van der Waals surface area contributed by atoms with E-state index >= 15 is 0 Å². The first-order valence-corrected chi connectivity index (χ1v) is 4.42. The lowest BCUT2D eigenvalue weighted by Gasteiger charge is -2.28. The van der Waals surface area contributed by atoms with Gasteiger partial charge >= 0.3 is 5.97 Å². The quantitative estimate of drug-likeness (QED) is 0.624. The zero-order chi connectivity index (χ0) is 9.19. The van der Waals surface area contributed by atoms with Gasteiger partial charge in [-0.3, -0.25) is 4.79 Å². The number of carbonyl (C=O) groups excluding carboxylic acids is 1. The highest BCUT2D eigenvalue weighted by atomic mass is 16.5. The van der Waals surface area contributed by atoms with Crippen LogP contribution in [0.5, 0.6) is 0 Å². The molecule has 0 spiro atoms. The van der Waals surface area contributed by atoms with Crippen LogP contribution in [-0.4, -0.2) is 26.2 Å². The maximum atomic E-state index is 11.5. The van der Waals surface area contributed by atoms with Crippen LogP contribution in [0.15, 0.2) is 0 Å². The van der Waals surface area contributed by atoms with Crippen LogP contribution < -0.4 is 5.32 Å². The maximum absolute atomic E-state index is 11.5. The van der Waals surface area contributed by atoms with Gasteiger partial charge in [-0.05, 0) is 18.9 Å². The molecule has 0 radical (unpaired) electrons. The van der Waals surface area contributed by atoms with E-state index in [1.807, 2.05) is 0 Å². The first-order chi connectivity index (χ1) is 5.63. The van der Waals surface area contributed by atoms with Gasteiger partial charge in [0.15, 0.2) is 0 Å². The summed E-state index contributed by atoms with van der Waals surface area (Å²) in [7, 11) is 1.46. The fourth-order valence-electron chi connectivity index (χ4n) is 1.82. The second kappa shape index (κ2) is 3.44. The van der Waals surface area contributed by atoms with Gasteiger partial charge in [-0.15, -0.1) is 0 Å². The van der Waals surface area contributed by atoms with Crippen LogP contribution in [0.4, 0.5) is 0 Å². The van der Waals surface area contributed by atoms with Gasteiger partial charge in [0, 0.05) is 6.54 Å². The normalized spacial score (nSPS) is 29.3. The van der Waals surface area contributed by atoms with E-state index in [4.69, 9.17) is 4.74 Å². The van der Waals surface area contributed by atoms with E-state index in [2.05, 4.69) is 19.2 Å². The highest BCUT2D eigenvalue weighted by molar-refractivity contribution is 5.77. The molecule has 0 aromatic rings. The molecule has 1 heterocycles. The van der Waals surface area contributed by atoms with E-state index in [0.717, 1.165) is 19.5 Å². The molecule has 0 aromatic carbocycles. The lowest BCUT2D eigenvalue weighted by atomic mass is 9.76. The summed E-state index contributed by atoms with van der Waals surface area (Å²) >= 11 is 0. The molecule has 0 amide bonds. The molecule has 1 saturated heterocycles. The van der Waals surface area contributed by atoms with Gasteiger partial charge in [-0.2, -0.15) is 0 Å². The summed E-state index contributed by atoms with van der Waals surface area (Å²) < 4.78 is 4.82. The van der Waals surface area contributed by atoms with Gasteiger partial charge < -0.3 is 10.1 Å². The third-order valence-electron chi connectivity index (χ3n) is 2.89. The van der Waals surface area contributed by atoms with Crippen molar-refractivity contribution in [1.82, 2.24) is 5.32 Å². The van der Waals surface area contributed by atoms with Crippen molar-refractivity contribution in [2.75, 3.05) is 20.2 Å². The van der Waals surface area contributed by atoms with E-state index in [0.29, 0.717) is 5.92 Å². The van der Waals surface area contributed by atoms with Crippen LogP contribution in [-0.2, 0) is 9.53 Å². The lowest BCUT2D eigenvalue weighted by molar-refractivity contribution is -0.154. The second-order valence-electron chi connectivity index (χ2n) is 3.73. The van der Waals surface area contributed by atoms with Crippen molar-refractivity contribution in [2.24, 2.45) is 11.3 Å². The van der Waals surface area contributed by atoms with Crippen LogP contribution in [0.1, 0.15) is 20.3 Å². The van der Waals surface area contributed by atoms with Crippen molar-refractivity contribution >= 4 is 5.97 Å². The van der Waals surface area contributed by atoms with Crippen LogP contribution in [0.2, 0.25) is 0 Å². The van der Waals surface area contributed by atoms with E-state index < -0.39 is 0 Å². The Morgan fingerprint density at radius 1 is 1.58 bits per heavy atom. The maximum Gasteiger partial charge on any atom is 0.313 e. The number of esters is 1. The number of rotatable bonds is 2. The lowest BCUT2D eigenvalue weighted by Crippen LogP contribution is -2.39. The average Bonchev–Trinajstić information content (AvgIpc) is 2.52. The Balaban J connectivity index is 2.78. The number of hydrogen-bond donors (Lipinski definition) is 1. The number of ether oxygens (including phenoxy) is 1. The molecular weight excluding hydrogens is 154 g/mol. The Morgan fingerprint density at radius 3 is 2.58 bits per heavy atom. The van der Waals surface area contributed by atoms with Crippen molar-refractivity contribution in [1.29, 1.82) is 0 Å². The zero-order valence-corrected chi connectivity index (χ0v) is 8.02. The third-order valence-corrected chi connectivity index (χ3v) is 2.89. The summed E-state index contributed by atoms with van der Waals surface area (Å²) in [6, 6.07) is 0. The van der Waals surface area contributed by atoms with Crippen LogP contribution >= 0.6 is 0 Å². The standard InChI is InChI=1S/C9H17NO2/c1-7(2)9(8(11)12-3)4-5-10-6-9/h7,10H,4-6H2,1-3H3. The topological polar surface area (TPSA) is 38.3 Å². The number of methoxy groups -OCH3 is 1. The molecule has 0 bridgehead atoms. The zero-order valence-electron chi connectivity index (χ0n) is 8.02. The summed E-state index contributed by atoms with van der Waals surface area (Å²) in [5.74, 6) is 0.280. The number of nitrogens with one attached hydrogen (secondary N) is 1. The molecule has 1 N–H and O–H groups in total. The molecule has 1 aliphatic rings. The summed E-state index contributed by atoms with van der Waals surface area (Å²) in [4.78, 5) is 11.5. The van der Waals surface area contributed by atoms with Crippen molar-refractivity contribution in [3.8, 4) is 0 Å². The van der Waals surface area contributed by atoms with E-state index in [-0.39, 0.29) is 11.4 Å². The largest absolute Gasteiger partial charge is 0.469 e. The van der Waals surface area contributed by atoms with E-state index in [1.54, 1.807) is 0 Å². The first-order valence-electron chi connectivity index (χ1n) is 4.42. The molecule has 0 aliphatic carbocycles.